The summed E-state index contributed by atoms with van der Waals surface area (Å²) in [5.74, 6) is 0.647. The van der Waals surface area contributed by atoms with Crippen LogP contribution in [0.4, 0.5) is 0 Å². The molecule has 0 spiro atoms. The van der Waals surface area contributed by atoms with Gasteiger partial charge in [-0.15, -0.1) is 0 Å². The number of methoxy groups -OCH3 is 1. The number of rotatable bonds is 7. The Balaban J connectivity index is 1.75. The molecule has 0 radical (unpaired) electrons. The van der Waals surface area contributed by atoms with Gasteiger partial charge in [0.25, 0.3) is 5.91 Å². The van der Waals surface area contributed by atoms with Gasteiger partial charge in [0.15, 0.2) is 5.69 Å². The van der Waals surface area contributed by atoms with E-state index >= 15 is 0 Å². The quantitative estimate of drug-likeness (QED) is 0.805. The maximum Gasteiger partial charge on any atom is 0.276 e. The molecule has 2 heterocycles. The van der Waals surface area contributed by atoms with Crippen LogP contribution >= 0.6 is 0 Å². The summed E-state index contributed by atoms with van der Waals surface area (Å²) in [6.45, 7) is 3.05. The molecular weight excluding hydrogens is 324 g/mol. The highest BCUT2D eigenvalue weighted by molar-refractivity contribution is 5.92. The second-order valence-corrected chi connectivity index (χ2v) is 6.95. The molecule has 0 aromatic carbocycles. The summed E-state index contributed by atoms with van der Waals surface area (Å²) >= 11 is 0. The maximum absolute atomic E-state index is 13.0. The van der Waals surface area contributed by atoms with E-state index in [1.165, 1.54) is 0 Å². The Morgan fingerprint density at radius 1 is 1.52 bits per heavy atom. The number of aromatic nitrogens is 1. The first kappa shape index (κ1) is 18.4. The number of aliphatic hydroxyl groups excluding tert-OH is 1. The molecule has 1 saturated carbocycles. The van der Waals surface area contributed by atoms with E-state index in [-0.39, 0.29) is 30.3 Å². The van der Waals surface area contributed by atoms with E-state index in [0.29, 0.717) is 18.8 Å². The molecule has 1 aliphatic heterocycles. The zero-order valence-electron chi connectivity index (χ0n) is 15.1. The van der Waals surface area contributed by atoms with Gasteiger partial charge in [-0.2, -0.15) is 0 Å². The third-order valence-electron chi connectivity index (χ3n) is 5.52. The summed E-state index contributed by atoms with van der Waals surface area (Å²) in [5.41, 5.74) is 0.0683. The topological polar surface area (TPSA) is 85.0 Å². The molecule has 1 N–H and O–H groups in total. The standard InChI is InChI=1S/C18H28N2O5/c1-3-4-14-11-15(19-25-14)17(22)20-8-7-18(23-2)6-5-13(12-16(18)20)24-10-9-21/h11,13,16,21H,3-10,12H2,1-2H3/t13-,16+,18-/m0/s1. The van der Waals surface area contributed by atoms with Crippen molar-refractivity contribution in [3.63, 3.8) is 0 Å². The Kier molecular flexibility index (Phi) is 5.76. The lowest BCUT2D eigenvalue weighted by Crippen LogP contribution is -2.53. The highest BCUT2D eigenvalue weighted by atomic mass is 16.5. The molecule has 2 fully saturated rings. The van der Waals surface area contributed by atoms with Crippen molar-refractivity contribution in [1.29, 1.82) is 0 Å². The summed E-state index contributed by atoms with van der Waals surface area (Å²) < 4.78 is 16.9. The number of carbonyl (C=O) groups is 1. The van der Waals surface area contributed by atoms with Crippen LogP contribution in [0.5, 0.6) is 0 Å². The van der Waals surface area contributed by atoms with Crippen molar-refractivity contribution in [3.8, 4) is 0 Å². The van der Waals surface area contributed by atoms with E-state index in [1.54, 1.807) is 13.2 Å². The maximum atomic E-state index is 13.0. The number of aliphatic hydroxyl groups is 1. The summed E-state index contributed by atoms with van der Waals surface area (Å²) in [4.78, 5) is 14.8. The number of hydrogen-bond acceptors (Lipinski definition) is 6. The second kappa shape index (κ2) is 7.85. The third-order valence-corrected chi connectivity index (χ3v) is 5.52. The number of carbonyl (C=O) groups excluding carboxylic acids is 1. The lowest BCUT2D eigenvalue weighted by molar-refractivity contribution is -0.0992. The average molecular weight is 352 g/mol. The highest BCUT2D eigenvalue weighted by Gasteiger charge is 2.53. The van der Waals surface area contributed by atoms with Crippen molar-refractivity contribution in [1.82, 2.24) is 10.1 Å². The van der Waals surface area contributed by atoms with Gasteiger partial charge in [-0.25, -0.2) is 0 Å². The summed E-state index contributed by atoms with van der Waals surface area (Å²) in [6.07, 6.45) is 5.06. The van der Waals surface area contributed by atoms with Crippen LogP contribution in [0.2, 0.25) is 0 Å². The van der Waals surface area contributed by atoms with Gasteiger partial charge in [0, 0.05) is 26.1 Å². The Morgan fingerprint density at radius 2 is 2.36 bits per heavy atom. The fourth-order valence-electron chi connectivity index (χ4n) is 4.20. The molecule has 0 unspecified atom stereocenters. The molecule has 0 bridgehead atoms. The molecular formula is C18H28N2O5. The molecule has 1 saturated heterocycles. The molecule has 3 rings (SSSR count). The summed E-state index contributed by atoms with van der Waals surface area (Å²) in [7, 11) is 1.73. The number of nitrogens with zero attached hydrogens (tertiary/aromatic N) is 2. The van der Waals surface area contributed by atoms with Gasteiger partial charge in [0.1, 0.15) is 5.76 Å². The molecule has 2 aliphatic rings. The number of fused-ring (bicyclic) bond motifs is 1. The lowest BCUT2D eigenvalue weighted by atomic mass is 9.79. The van der Waals surface area contributed by atoms with Gasteiger partial charge < -0.3 is 24.0 Å². The van der Waals surface area contributed by atoms with Crippen molar-refractivity contribution < 1.29 is 23.9 Å². The van der Waals surface area contributed by atoms with Gasteiger partial charge in [-0.05, 0) is 32.1 Å². The lowest BCUT2D eigenvalue weighted by Gasteiger charge is -2.43. The Labute approximate surface area is 148 Å². The van der Waals surface area contributed by atoms with E-state index < -0.39 is 0 Å². The minimum atomic E-state index is -0.301. The molecule has 140 valence electrons. The molecule has 1 amide bonds. The Bertz CT molecular complexity index is 590. The first-order valence-corrected chi connectivity index (χ1v) is 9.17. The fraction of sp³-hybridized carbons (Fsp3) is 0.778. The molecule has 1 aliphatic carbocycles. The number of aryl methyl sites for hydroxylation is 1. The van der Waals surface area contributed by atoms with Crippen LogP contribution in [-0.4, -0.2) is 65.7 Å². The van der Waals surface area contributed by atoms with Crippen LogP contribution in [-0.2, 0) is 15.9 Å². The highest BCUT2D eigenvalue weighted by Crippen LogP contribution is 2.43. The summed E-state index contributed by atoms with van der Waals surface area (Å²) in [5, 5.41) is 12.9. The average Bonchev–Trinajstić information content (AvgIpc) is 3.24. The van der Waals surface area contributed by atoms with Gasteiger partial charge in [-0.1, -0.05) is 12.1 Å². The zero-order chi connectivity index (χ0) is 17.9. The number of hydrogen-bond donors (Lipinski definition) is 1. The molecule has 7 heteroatoms. The van der Waals surface area contributed by atoms with Crippen LogP contribution in [0.15, 0.2) is 10.6 Å². The SMILES string of the molecule is CCCc1cc(C(=O)N2CC[C@@]3(OC)CC[C@H](OCCO)C[C@@H]23)no1. The van der Waals surface area contributed by atoms with Crippen molar-refractivity contribution in [2.24, 2.45) is 0 Å². The van der Waals surface area contributed by atoms with Crippen molar-refractivity contribution >= 4 is 5.91 Å². The second-order valence-electron chi connectivity index (χ2n) is 6.95. The van der Waals surface area contributed by atoms with E-state index in [4.69, 9.17) is 19.1 Å². The predicted octanol–water partition coefficient (Wildman–Crippen LogP) is 1.79. The molecule has 1 aromatic heterocycles. The van der Waals surface area contributed by atoms with Crippen molar-refractivity contribution in [2.45, 2.75) is 63.2 Å². The third kappa shape index (κ3) is 3.59. The first-order valence-electron chi connectivity index (χ1n) is 9.17. The largest absolute Gasteiger partial charge is 0.394 e. The van der Waals surface area contributed by atoms with Crippen LogP contribution in [0.1, 0.15) is 55.3 Å². The van der Waals surface area contributed by atoms with Gasteiger partial charge in [0.2, 0.25) is 0 Å². The summed E-state index contributed by atoms with van der Waals surface area (Å²) in [6, 6.07) is 1.72. The van der Waals surface area contributed by atoms with Crippen LogP contribution in [0.3, 0.4) is 0 Å². The minimum absolute atomic E-state index is 0.0123. The Morgan fingerprint density at radius 3 is 3.08 bits per heavy atom. The van der Waals surface area contributed by atoms with Crippen molar-refractivity contribution in [3.05, 3.63) is 17.5 Å². The zero-order valence-corrected chi connectivity index (χ0v) is 15.1. The number of likely N-dealkylation sites (tertiary alicyclic amines) is 1. The van der Waals surface area contributed by atoms with Crippen LogP contribution in [0.25, 0.3) is 0 Å². The predicted molar refractivity (Wildman–Crippen MR) is 90.4 cm³/mol. The first-order chi connectivity index (χ1) is 12.1. The van der Waals surface area contributed by atoms with Gasteiger partial charge in [-0.3, -0.25) is 4.79 Å². The van der Waals surface area contributed by atoms with E-state index in [1.807, 2.05) is 4.90 Å². The van der Waals surface area contributed by atoms with Gasteiger partial charge >= 0.3 is 0 Å². The number of ether oxygens (including phenoxy) is 2. The fourth-order valence-corrected chi connectivity index (χ4v) is 4.20. The number of amides is 1. The molecule has 25 heavy (non-hydrogen) atoms. The van der Waals surface area contributed by atoms with E-state index in [2.05, 4.69) is 12.1 Å². The van der Waals surface area contributed by atoms with Gasteiger partial charge in [0.05, 0.1) is 31.0 Å². The van der Waals surface area contributed by atoms with Crippen LogP contribution < -0.4 is 0 Å². The van der Waals surface area contributed by atoms with E-state index in [0.717, 1.165) is 44.3 Å². The van der Waals surface area contributed by atoms with Crippen LogP contribution in [0, 0.1) is 0 Å². The van der Waals surface area contributed by atoms with E-state index in [9.17, 15) is 4.79 Å². The molecule has 3 atom stereocenters. The molecule has 1 aromatic rings. The normalized spacial score (nSPS) is 29.0. The molecule has 7 nitrogen and oxygen atoms in total. The minimum Gasteiger partial charge on any atom is -0.394 e. The van der Waals surface area contributed by atoms with Crippen molar-refractivity contribution in [2.75, 3.05) is 26.9 Å². The Hall–Kier alpha value is -1.44. The smallest absolute Gasteiger partial charge is 0.276 e. The monoisotopic (exact) mass is 352 g/mol.